The highest BCUT2D eigenvalue weighted by atomic mass is 19.3. The Morgan fingerprint density at radius 2 is 2.08 bits per heavy atom. The SMILES string of the molecule is NCCCCNC(=O)C1CCCN1C(=O)c1ccccc1OC(F)F. The van der Waals surface area contributed by atoms with Gasteiger partial charge < -0.3 is 20.7 Å². The van der Waals surface area contributed by atoms with Crippen molar-refractivity contribution in [2.45, 2.75) is 38.3 Å². The van der Waals surface area contributed by atoms with Crippen LogP contribution in [0.4, 0.5) is 8.78 Å². The van der Waals surface area contributed by atoms with Gasteiger partial charge in [-0.1, -0.05) is 12.1 Å². The lowest BCUT2D eigenvalue weighted by Gasteiger charge is -2.25. The standard InChI is InChI=1S/C17H23F2N3O3/c18-17(19)25-14-8-2-1-6-12(14)16(24)22-11-5-7-13(22)15(23)21-10-4-3-9-20/h1-2,6,8,13,17H,3-5,7,9-11,20H2,(H,21,23). The van der Waals surface area contributed by atoms with Crippen molar-refractivity contribution >= 4 is 11.8 Å². The molecule has 25 heavy (non-hydrogen) atoms. The summed E-state index contributed by atoms with van der Waals surface area (Å²) < 4.78 is 29.5. The minimum atomic E-state index is -3.02. The molecule has 1 aromatic carbocycles. The molecule has 2 rings (SSSR count). The Morgan fingerprint density at radius 1 is 1.32 bits per heavy atom. The molecule has 1 heterocycles. The summed E-state index contributed by atoms with van der Waals surface area (Å²) in [5.41, 5.74) is 5.44. The topological polar surface area (TPSA) is 84.7 Å². The number of nitrogens with two attached hydrogens (primary N) is 1. The third kappa shape index (κ3) is 5.12. The Bertz CT molecular complexity index is 598. The zero-order valence-corrected chi connectivity index (χ0v) is 13.9. The number of hydrogen-bond acceptors (Lipinski definition) is 4. The number of halogens is 2. The largest absolute Gasteiger partial charge is 0.434 e. The van der Waals surface area contributed by atoms with Crippen molar-refractivity contribution in [1.82, 2.24) is 10.2 Å². The highest BCUT2D eigenvalue weighted by molar-refractivity contribution is 6.00. The molecule has 1 aromatic rings. The van der Waals surface area contributed by atoms with E-state index in [0.29, 0.717) is 32.5 Å². The van der Waals surface area contributed by atoms with Crippen molar-refractivity contribution in [2.75, 3.05) is 19.6 Å². The van der Waals surface area contributed by atoms with Gasteiger partial charge >= 0.3 is 6.61 Å². The maximum atomic E-state index is 12.7. The summed E-state index contributed by atoms with van der Waals surface area (Å²) >= 11 is 0. The zero-order valence-electron chi connectivity index (χ0n) is 13.9. The molecule has 1 saturated heterocycles. The van der Waals surface area contributed by atoms with Gasteiger partial charge in [0.2, 0.25) is 5.91 Å². The van der Waals surface area contributed by atoms with Crippen molar-refractivity contribution < 1.29 is 23.1 Å². The predicted molar refractivity (Wildman–Crippen MR) is 88.4 cm³/mol. The van der Waals surface area contributed by atoms with Crippen molar-refractivity contribution in [3.05, 3.63) is 29.8 Å². The molecule has 2 amide bonds. The molecule has 3 N–H and O–H groups in total. The number of ether oxygens (including phenoxy) is 1. The van der Waals surface area contributed by atoms with Crippen LogP contribution >= 0.6 is 0 Å². The molecule has 0 bridgehead atoms. The zero-order chi connectivity index (χ0) is 18.2. The summed E-state index contributed by atoms with van der Waals surface area (Å²) in [5.74, 6) is -0.887. The molecule has 0 radical (unpaired) electrons. The van der Waals surface area contributed by atoms with Crippen LogP contribution in [0, 0.1) is 0 Å². The van der Waals surface area contributed by atoms with E-state index in [1.165, 1.54) is 23.1 Å². The molecule has 1 aliphatic heterocycles. The quantitative estimate of drug-likeness (QED) is 0.696. The Balaban J connectivity index is 2.06. The fourth-order valence-corrected chi connectivity index (χ4v) is 2.88. The molecule has 8 heteroatoms. The Kier molecular flexibility index (Phi) is 7.12. The van der Waals surface area contributed by atoms with E-state index in [4.69, 9.17) is 5.73 Å². The van der Waals surface area contributed by atoms with Crippen LogP contribution < -0.4 is 15.8 Å². The van der Waals surface area contributed by atoms with Crippen molar-refractivity contribution in [3.8, 4) is 5.75 Å². The first-order valence-electron chi connectivity index (χ1n) is 8.37. The van der Waals surface area contributed by atoms with Crippen molar-refractivity contribution in [2.24, 2.45) is 5.73 Å². The van der Waals surface area contributed by atoms with Gasteiger partial charge in [-0.05, 0) is 44.4 Å². The summed E-state index contributed by atoms with van der Waals surface area (Å²) in [7, 11) is 0. The van der Waals surface area contributed by atoms with Crippen molar-refractivity contribution in [3.63, 3.8) is 0 Å². The number of benzene rings is 1. The first-order chi connectivity index (χ1) is 12.0. The molecule has 0 saturated carbocycles. The van der Waals surface area contributed by atoms with E-state index in [1.807, 2.05) is 0 Å². The van der Waals surface area contributed by atoms with Crippen LogP contribution in [0.15, 0.2) is 24.3 Å². The molecule has 0 spiro atoms. The van der Waals surface area contributed by atoms with Crippen LogP contribution in [0.3, 0.4) is 0 Å². The average molecular weight is 355 g/mol. The van der Waals surface area contributed by atoms with Gasteiger partial charge in [0.15, 0.2) is 0 Å². The summed E-state index contributed by atoms with van der Waals surface area (Å²) in [4.78, 5) is 26.5. The number of hydrogen-bond donors (Lipinski definition) is 2. The Hall–Kier alpha value is -2.22. The van der Waals surface area contributed by atoms with Crippen LogP contribution in [0.25, 0.3) is 0 Å². The van der Waals surface area contributed by atoms with Gasteiger partial charge in [-0.25, -0.2) is 0 Å². The summed E-state index contributed by atoms with van der Waals surface area (Å²) in [6.07, 6.45) is 2.82. The van der Waals surface area contributed by atoms with Gasteiger partial charge in [0.05, 0.1) is 5.56 Å². The van der Waals surface area contributed by atoms with Gasteiger partial charge in [-0.15, -0.1) is 0 Å². The summed E-state index contributed by atoms with van der Waals surface area (Å²) in [6.45, 7) is -1.55. The van der Waals surface area contributed by atoms with E-state index in [0.717, 1.165) is 12.8 Å². The second-order valence-corrected chi connectivity index (χ2v) is 5.82. The van der Waals surface area contributed by atoms with E-state index in [9.17, 15) is 18.4 Å². The molecule has 1 fully saturated rings. The number of para-hydroxylation sites is 1. The number of unbranched alkanes of at least 4 members (excludes halogenated alkanes) is 1. The normalized spacial score (nSPS) is 17.0. The van der Waals surface area contributed by atoms with Gasteiger partial charge in [0.1, 0.15) is 11.8 Å². The molecule has 1 aliphatic rings. The number of nitrogens with zero attached hydrogens (tertiary/aromatic N) is 1. The minimum Gasteiger partial charge on any atom is -0.434 e. The third-order valence-electron chi connectivity index (χ3n) is 4.08. The summed E-state index contributed by atoms with van der Waals surface area (Å²) in [5, 5.41) is 2.80. The Morgan fingerprint density at radius 3 is 2.80 bits per heavy atom. The highest BCUT2D eigenvalue weighted by Crippen LogP contribution is 2.26. The molecule has 138 valence electrons. The second kappa shape index (κ2) is 9.31. The van der Waals surface area contributed by atoms with Gasteiger partial charge in [-0.2, -0.15) is 8.78 Å². The molecule has 0 aromatic heterocycles. The van der Waals surface area contributed by atoms with Gasteiger partial charge in [0.25, 0.3) is 5.91 Å². The molecular weight excluding hydrogens is 332 g/mol. The highest BCUT2D eigenvalue weighted by Gasteiger charge is 2.35. The first kappa shape index (κ1) is 19.1. The van der Waals surface area contributed by atoms with E-state index < -0.39 is 18.6 Å². The average Bonchev–Trinajstić information content (AvgIpc) is 3.08. The molecule has 1 atom stereocenters. The number of carbonyl (C=O) groups excluding carboxylic acids is 2. The maximum Gasteiger partial charge on any atom is 0.387 e. The maximum absolute atomic E-state index is 12.7. The fraction of sp³-hybridized carbons (Fsp3) is 0.529. The van der Waals surface area contributed by atoms with Crippen LogP contribution in [-0.4, -0.2) is 49.0 Å². The van der Waals surface area contributed by atoms with Crippen molar-refractivity contribution in [1.29, 1.82) is 0 Å². The van der Waals surface area contributed by atoms with E-state index in [-0.39, 0.29) is 17.2 Å². The van der Waals surface area contributed by atoms with E-state index in [2.05, 4.69) is 10.1 Å². The lowest BCUT2D eigenvalue weighted by molar-refractivity contribution is -0.124. The minimum absolute atomic E-state index is 0.0330. The monoisotopic (exact) mass is 355 g/mol. The predicted octanol–water partition coefficient (Wildman–Crippen LogP) is 1.75. The third-order valence-corrected chi connectivity index (χ3v) is 4.08. The number of nitrogens with one attached hydrogen (secondary N) is 1. The second-order valence-electron chi connectivity index (χ2n) is 5.82. The lowest BCUT2D eigenvalue weighted by atomic mass is 10.1. The smallest absolute Gasteiger partial charge is 0.387 e. The number of alkyl halides is 2. The van der Waals surface area contributed by atoms with Crippen LogP contribution in [-0.2, 0) is 4.79 Å². The Labute approximate surface area is 145 Å². The summed E-state index contributed by atoms with van der Waals surface area (Å²) in [6, 6.07) is 5.24. The molecular formula is C17H23F2N3O3. The first-order valence-corrected chi connectivity index (χ1v) is 8.37. The molecule has 6 nitrogen and oxygen atoms in total. The lowest BCUT2D eigenvalue weighted by Crippen LogP contribution is -2.46. The van der Waals surface area contributed by atoms with E-state index in [1.54, 1.807) is 6.07 Å². The number of likely N-dealkylation sites (tertiary alicyclic amines) is 1. The van der Waals surface area contributed by atoms with Gasteiger partial charge in [0, 0.05) is 13.1 Å². The number of amides is 2. The van der Waals surface area contributed by atoms with Crippen LogP contribution in [0.2, 0.25) is 0 Å². The van der Waals surface area contributed by atoms with E-state index >= 15 is 0 Å². The number of rotatable bonds is 8. The molecule has 0 aliphatic carbocycles. The molecule has 1 unspecified atom stereocenters. The number of carbonyl (C=O) groups is 2. The fourth-order valence-electron chi connectivity index (χ4n) is 2.88. The van der Waals surface area contributed by atoms with Gasteiger partial charge in [-0.3, -0.25) is 9.59 Å². The van der Waals surface area contributed by atoms with Crippen LogP contribution in [0.1, 0.15) is 36.0 Å². The van der Waals surface area contributed by atoms with Crippen LogP contribution in [0.5, 0.6) is 5.75 Å².